The highest BCUT2D eigenvalue weighted by Crippen LogP contribution is 2.53. The first-order valence-corrected chi connectivity index (χ1v) is 11.2. The normalized spacial score (nSPS) is 27.4. The minimum absolute atomic E-state index is 0.0579. The van der Waals surface area contributed by atoms with Gasteiger partial charge in [0.05, 0.1) is 18.2 Å². The molecule has 1 saturated heterocycles. The Bertz CT molecular complexity index is 1090. The lowest BCUT2D eigenvalue weighted by Gasteiger charge is -2.41. The van der Waals surface area contributed by atoms with Crippen molar-refractivity contribution >= 4 is 17.8 Å². The molecule has 0 N–H and O–H groups in total. The smallest absolute Gasteiger partial charge is 0.411 e. The van der Waals surface area contributed by atoms with Crippen LogP contribution in [0.15, 0.2) is 34.4 Å². The van der Waals surface area contributed by atoms with Crippen LogP contribution in [0.5, 0.6) is 0 Å². The van der Waals surface area contributed by atoms with E-state index < -0.39 is 23.1 Å². The Kier molecular flexibility index (Phi) is 5.44. The van der Waals surface area contributed by atoms with Gasteiger partial charge < -0.3 is 9.47 Å². The Balaban J connectivity index is 1.81. The molecule has 0 spiro atoms. The highest BCUT2D eigenvalue weighted by atomic mass is 16.6. The molecule has 0 aromatic carbocycles. The van der Waals surface area contributed by atoms with E-state index in [2.05, 4.69) is 12.1 Å². The minimum Gasteiger partial charge on any atom is -0.461 e. The summed E-state index contributed by atoms with van der Waals surface area (Å²) in [6.07, 6.45) is 5.03. The second kappa shape index (κ2) is 7.88. The van der Waals surface area contributed by atoms with Gasteiger partial charge in [0.25, 0.3) is 0 Å². The van der Waals surface area contributed by atoms with Crippen molar-refractivity contribution in [2.75, 3.05) is 6.61 Å². The van der Waals surface area contributed by atoms with E-state index in [1.807, 2.05) is 32.9 Å². The Morgan fingerprint density at radius 2 is 1.91 bits per heavy atom. The van der Waals surface area contributed by atoms with E-state index in [-0.39, 0.29) is 43.2 Å². The molecular weight excluding hydrogens is 422 g/mol. The average molecular weight is 450 g/mol. The highest BCUT2D eigenvalue weighted by Gasteiger charge is 2.54. The van der Waals surface area contributed by atoms with Gasteiger partial charge in [-0.05, 0) is 50.3 Å². The molecular formula is C25H27N3O5. The van der Waals surface area contributed by atoms with Crippen molar-refractivity contribution in [3.05, 3.63) is 34.4 Å². The van der Waals surface area contributed by atoms with Gasteiger partial charge in [-0.1, -0.05) is 12.2 Å². The number of ketones is 1. The van der Waals surface area contributed by atoms with E-state index in [1.165, 1.54) is 6.92 Å². The summed E-state index contributed by atoms with van der Waals surface area (Å²) in [5.74, 6) is -1.04. The summed E-state index contributed by atoms with van der Waals surface area (Å²) in [6, 6.07) is 3.93. The van der Waals surface area contributed by atoms with Gasteiger partial charge in [-0.25, -0.2) is 4.79 Å². The fourth-order valence-electron chi connectivity index (χ4n) is 5.41. The fraction of sp³-hybridized carbons (Fsp3) is 0.560. The molecule has 0 radical (unpaired) electrons. The van der Waals surface area contributed by atoms with Gasteiger partial charge in [0, 0.05) is 37.3 Å². The van der Waals surface area contributed by atoms with Gasteiger partial charge in [0.1, 0.15) is 12.2 Å². The number of hydrogen-bond donors (Lipinski definition) is 0. The van der Waals surface area contributed by atoms with Crippen molar-refractivity contribution in [3.63, 3.8) is 0 Å². The summed E-state index contributed by atoms with van der Waals surface area (Å²) < 4.78 is 10.7. The number of fused-ring (bicyclic) bond motifs is 5. The molecule has 8 nitrogen and oxygen atoms in total. The number of rotatable bonds is 2. The quantitative estimate of drug-likeness (QED) is 0.467. The van der Waals surface area contributed by atoms with Crippen molar-refractivity contribution < 1.29 is 23.9 Å². The van der Waals surface area contributed by atoms with E-state index in [1.54, 1.807) is 4.90 Å². The lowest BCUT2D eigenvalue weighted by molar-refractivity contribution is -0.140. The van der Waals surface area contributed by atoms with E-state index in [0.29, 0.717) is 23.1 Å². The molecule has 1 amide bonds. The molecule has 2 heterocycles. The third-order valence-corrected chi connectivity index (χ3v) is 6.78. The number of Topliss-reactive ketones (excluding diaryl/α,β-unsaturated/α-hetero) is 1. The standard InChI is InChI=1S/C25H27N3O5/c1-14(29)32-11-19-18-10-25(12-26,13-27)20-9-16-5-6-21(17(20)7-15(18)8-22(19)30)28(16)23(31)33-24(2,3)4/h7,9,16-17,21H,5-6,8,10-11H2,1-4H3/t16-,17-,21+/m1/s1. The second-order valence-corrected chi connectivity index (χ2v) is 10.1. The zero-order chi connectivity index (χ0) is 24.1. The first-order chi connectivity index (χ1) is 15.5. The summed E-state index contributed by atoms with van der Waals surface area (Å²) in [7, 11) is 0. The van der Waals surface area contributed by atoms with Crippen molar-refractivity contribution in [3.8, 4) is 12.1 Å². The summed E-state index contributed by atoms with van der Waals surface area (Å²) in [5, 5.41) is 20.4. The summed E-state index contributed by atoms with van der Waals surface area (Å²) >= 11 is 0. The summed E-state index contributed by atoms with van der Waals surface area (Å²) in [4.78, 5) is 38.8. The maximum atomic E-state index is 13.0. The Labute approximate surface area is 193 Å². The third kappa shape index (κ3) is 3.84. The number of hydrogen-bond acceptors (Lipinski definition) is 7. The number of nitrogens with zero attached hydrogens (tertiary/aromatic N) is 3. The van der Waals surface area contributed by atoms with Crippen molar-refractivity contribution in [1.29, 1.82) is 10.5 Å². The topological polar surface area (TPSA) is 120 Å². The maximum absolute atomic E-state index is 13.0. The number of esters is 1. The summed E-state index contributed by atoms with van der Waals surface area (Å²) in [6.45, 7) is 6.54. The average Bonchev–Trinajstić information content (AvgIpc) is 3.15. The van der Waals surface area contributed by atoms with Gasteiger partial charge in [0.15, 0.2) is 11.2 Å². The van der Waals surface area contributed by atoms with Gasteiger partial charge in [0.2, 0.25) is 0 Å². The van der Waals surface area contributed by atoms with Crippen LogP contribution < -0.4 is 0 Å². The molecule has 0 saturated carbocycles. The zero-order valence-electron chi connectivity index (χ0n) is 19.3. The lowest BCUT2D eigenvalue weighted by atomic mass is 9.70. The maximum Gasteiger partial charge on any atom is 0.411 e. The number of carbonyl (C=O) groups excluding carboxylic acids is 3. The van der Waals surface area contributed by atoms with Crippen LogP contribution in [0.25, 0.3) is 0 Å². The van der Waals surface area contributed by atoms with E-state index >= 15 is 0 Å². The molecule has 2 aliphatic heterocycles. The Hall–Kier alpha value is -3.39. The second-order valence-electron chi connectivity index (χ2n) is 10.1. The Morgan fingerprint density at radius 1 is 1.21 bits per heavy atom. The number of ether oxygens (including phenoxy) is 2. The molecule has 172 valence electrons. The fourth-order valence-corrected chi connectivity index (χ4v) is 5.41. The molecule has 3 atom stereocenters. The number of carbonyl (C=O) groups is 3. The molecule has 0 unspecified atom stereocenters. The monoisotopic (exact) mass is 449 g/mol. The molecule has 2 aliphatic carbocycles. The molecule has 1 fully saturated rings. The highest BCUT2D eigenvalue weighted by molar-refractivity contribution is 6.03. The van der Waals surface area contributed by atoms with E-state index in [4.69, 9.17) is 9.47 Å². The van der Waals surface area contributed by atoms with Gasteiger partial charge >= 0.3 is 12.1 Å². The van der Waals surface area contributed by atoms with Crippen LogP contribution in [-0.2, 0) is 19.1 Å². The number of amides is 1. The van der Waals surface area contributed by atoms with Gasteiger partial charge in [-0.2, -0.15) is 10.5 Å². The van der Waals surface area contributed by atoms with Crippen LogP contribution in [0.1, 0.15) is 53.4 Å². The molecule has 0 aromatic heterocycles. The number of allylic oxidation sites excluding steroid dienone is 2. The molecule has 2 bridgehead atoms. The summed E-state index contributed by atoms with van der Waals surface area (Å²) in [5.41, 5.74) is 0.281. The SMILES string of the molecule is CC(=O)OCC1=C2CC(C#N)(C#N)C3=C[C@H]4CC[C@@H]([C@@H]3C=C2CC1=O)N4C(=O)OC(C)(C)C. The third-order valence-electron chi connectivity index (χ3n) is 6.78. The number of nitriles is 2. The predicted molar refractivity (Wildman–Crippen MR) is 116 cm³/mol. The largest absolute Gasteiger partial charge is 0.461 e. The van der Waals surface area contributed by atoms with E-state index in [0.717, 1.165) is 12.0 Å². The van der Waals surface area contributed by atoms with Crippen molar-refractivity contribution in [1.82, 2.24) is 4.90 Å². The van der Waals surface area contributed by atoms with Crippen LogP contribution in [0.3, 0.4) is 0 Å². The first-order valence-electron chi connectivity index (χ1n) is 11.2. The molecule has 8 heteroatoms. The minimum atomic E-state index is -1.47. The van der Waals surface area contributed by atoms with Crippen molar-refractivity contribution in [2.45, 2.75) is 71.1 Å². The van der Waals surface area contributed by atoms with Crippen LogP contribution >= 0.6 is 0 Å². The first kappa shape index (κ1) is 22.8. The molecule has 0 aromatic rings. The van der Waals surface area contributed by atoms with Crippen LogP contribution in [0.4, 0.5) is 4.79 Å². The zero-order valence-corrected chi connectivity index (χ0v) is 19.3. The van der Waals surface area contributed by atoms with Gasteiger partial charge in [-0.3, -0.25) is 14.5 Å². The van der Waals surface area contributed by atoms with Gasteiger partial charge in [-0.15, -0.1) is 0 Å². The molecule has 33 heavy (non-hydrogen) atoms. The lowest BCUT2D eigenvalue weighted by Crippen LogP contribution is -2.50. The van der Waals surface area contributed by atoms with Crippen LogP contribution in [-0.4, -0.2) is 47.0 Å². The molecule has 4 aliphatic rings. The van der Waals surface area contributed by atoms with Crippen LogP contribution in [0, 0.1) is 34.0 Å². The van der Waals surface area contributed by atoms with Crippen LogP contribution in [0.2, 0.25) is 0 Å². The van der Waals surface area contributed by atoms with E-state index in [9.17, 15) is 24.9 Å². The molecule has 4 rings (SSSR count). The van der Waals surface area contributed by atoms with Crippen molar-refractivity contribution in [2.24, 2.45) is 11.3 Å². The Morgan fingerprint density at radius 3 is 2.52 bits per heavy atom. The predicted octanol–water partition coefficient (Wildman–Crippen LogP) is 3.51.